The van der Waals surface area contributed by atoms with E-state index in [1.807, 2.05) is 6.07 Å². The summed E-state index contributed by atoms with van der Waals surface area (Å²) in [6.45, 7) is 0.134. The molecule has 0 spiro atoms. The van der Waals surface area contributed by atoms with E-state index in [9.17, 15) is 15.0 Å². The van der Waals surface area contributed by atoms with Gasteiger partial charge in [-0.25, -0.2) is 4.79 Å². The van der Waals surface area contributed by atoms with Crippen molar-refractivity contribution in [2.45, 2.75) is 12.8 Å². The van der Waals surface area contributed by atoms with E-state index in [0.717, 1.165) is 11.1 Å². The first-order valence-electron chi connectivity index (χ1n) is 6.78. The Bertz CT molecular complexity index is 702. The smallest absolute Gasteiger partial charge is 0.341 e. The third-order valence-corrected chi connectivity index (χ3v) is 3.08. The van der Waals surface area contributed by atoms with Crippen LogP contribution < -0.4 is 0 Å². The molecule has 5 heteroatoms. The summed E-state index contributed by atoms with van der Waals surface area (Å²) in [6.07, 6.45) is 0.771. The van der Waals surface area contributed by atoms with Crippen molar-refractivity contribution in [3.8, 4) is 28.7 Å². The monoisotopic (exact) mass is 297 g/mol. The fraction of sp³-hybridized carbons (Fsp3) is 0.176. The molecule has 0 heterocycles. The van der Waals surface area contributed by atoms with Crippen molar-refractivity contribution in [1.82, 2.24) is 0 Å². The maximum Gasteiger partial charge on any atom is 0.341 e. The van der Waals surface area contributed by atoms with E-state index in [-0.39, 0.29) is 23.7 Å². The summed E-state index contributed by atoms with van der Waals surface area (Å²) in [7, 11) is 0. The predicted molar refractivity (Wildman–Crippen MR) is 80.3 cm³/mol. The summed E-state index contributed by atoms with van der Waals surface area (Å²) in [5.41, 5.74) is 1.60. The van der Waals surface area contributed by atoms with E-state index >= 15 is 0 Å². The zero-order valence-electron chi connectivity index (χ0n) is 11.8. The zero-order valence-corrected chi connectivity index (χ0v) is 11.8. The second kappa shape index (κ2) is 7.14. The van der Waals surface area contributed by atoms with Crippen molar-refractivity contribution < 1.29 is 19.7 Å². The summed E-state index contributed by atoms with van der Waals surface area (Å²) in [5, 5.41) is 27.5. The van der Waals surface area contributed by atoms with Crippen LogP contribution >= 0.6 is 0 Å². The Morgan fingerprint density at radius 2 is 1.77 bits per heavy atom. The van der Waals surface area contributed by atoms with E-state index in [4.69, 9.17) is 10.00 Å². The van der Waals surface area contributed by atoms with Gasteiger partial charge in [0.15, 0.2) is 0 Å². The Kier molecular flexibility index (Phi) is 4.99. The number of carbonyl (C=O) groups is 1. The topological polar surface area (TPSA) is 90.5 Å². The highest BCUT2D eigenvalue weighted by Crippen LogP contribution is 2.27. The first-order valence-corrected chi connectivity index (χ1v) is 6.78. The van der Waals surface area contributed by atoms with Crippen LogP contribution in [-0.2, 0) is 4.74 Å². The van der Waals surface area contributed by atoms with Gasteiger partial charge in [0.05, 0.1) is 12.7 Å². The molecule has 0 aliphatic carbocycles. The van der Waals surface area contributed by atoms with Crippen molar-refractivity contribution in [3.63, 3.8) is 0 Å². The Morgan fingerprint density at radius 3 is 2.45 bits per heavy atom. The van der Waals surface area contributed by atoms with Gasteiger partial charge in [0.2, 0.25) is 0 Å². The van der Waals surface area contributed by atoms with E-state index in [2.05, 4.69) is 0 Å². The maximum absolute atomic E-state index is 12.0. The van der Waals surface area contributed by atoms with Gasteiger partial charge < -0.3 is 14.9 Å². The Labute approximate surface area is 128 Å². The fourth-order valence-corrected chi connectivity index (χ4v) is 1.93. The molecule has 2 N–H and O–H groups in total. The van der Waals surface area contributed by atoms with Gasteiger partial charge >= 0.3 is 5.97 Å². The minimum absolute atomic E-state index is 0.0718. The van der Waals surface area contributed by atoms with Gasteiger partial charge in [-0.1, -0.05) is 18.2 Å². The first-order chi connectivity index (χ1) is 10.6. The van der Waals surface area contributed by atoms with Crippen molar-refractivity contribution in [2.75, 3.05) is 6.61 Å². The molecular formula is C17H15NO4. The number of carbonyl (C=O) groups excluding carboxylic acids is 1. The molecule has 0 aromatic heterocycles. The van der Waals surface area contributed by atoms with Crippen LogP contribution in [0.2, 0.25) is 0 Å². The lowest BCUT2D eigenvalue weighted by atomic mass is 10.0. The Morgan fingerprint density at radius 1 is 1.09 bits per heavy atom. The van der Waals surface area contributed by atoms with Crippen LogP contribution in [0.3, 0.4) is 0 Å². The predicted octanol–water partition coefficient (Wildman–Crippen LogP) is 3.23. The largest absolute Gasteiger partial charge is 0.508 e. The number of aromatic hydroxyl groups is 2. The van der Waals surface area contributed by atoms with Crippen molar-refractivity contribution in [3.05, 3.63) is 48.0 Å². The highest BCUT2D eigenvalue weighted by Gasteiger charge is 2.14. The quantitative estimate of drug-likeness (QED) is 0.653. The number of ether oxygens (including phenoxy) is 1. The molecule has 112 valence electrons. The molecule has 5 nitrogen and oxygen atoms in total. The summed E-state index contributed by atoms with van der Waals surface area (Å²) in [5.74, 6) is -0.636. The van der Waals surface area contributed by atoms with Gasteiger partial charge in [-0.05, 0) is 41.8 Å². The molecule has 0 unspecified atom stereocenters. The number of benzene rings is 2. The molecule has 0 radical (unpaired) electrons. The van der Waals surface area contributed by atoms with Crippen molar-refractivity contribution in [2.24, 2.45) is 0 Å². The number of esters is 1. The molecule has 0 saturated carbocycles. The lowest BCUT2D eigenvalue weighted by Crippen LogP contribution is -2.06. The van der Waals surface area contributed by atoms with Crippen LogP contribution in [0, 0.1) is 11.3 Å². The molecule has 0 amide bonds. The van der Waals surface area contributed by atoms with E-state index in [0.29, 0.717) is 12.8 Å². The van der Waals surface area contributed by atoms with Crippen molar-refractivity contribution in [1.29, 1.82) is 5.26 Å². The second-order valence-electron chi connectivity index (χ2n) is 4.68. The molecular weight excluding hydrogens is 282 g/mol. The summed E-state index contributed by atoms with van der Waals surface area (Å²) >= 11 is 0. The molecule has 2 aromatic carbocycles. The van der Waals surface area contributed by atoms with Crippen LogP contribution in [0.15, 0.2) is 42.5 Å². The molecule has 22 heavy (non-hydrogen) atoms. The Balaban J connectivity index is 2.18. The van der Waals surface area contributed by atoms with Crippen LogP contribution in [0.5, 0.6) is 11.5 Å². The summed E-state index contributed by atoms with van der Waals surface area (Å²) < 4.78 is 5.03. The third-order valence-electron chi connectivity index (χ3n) is 3.08. The average Bonchev–Trinajstić information content (AvgIpc) is 2.53. The van der Waals surface area contributed by atoms with E-state index in [1.165, 1.54) is 12.1 Å². The highest BCUT2D eigenvalue weighted by atomic mass is 16.5. The lowest BCUT2D eigenvalue weighted by Gasteiger charge is -2.08. The van der Waals surface area contributed by atoms with Gasteiger partial charge in [-0.15, -0.1) is 0 Å². The van der Waals surface area contributed by atoms with Crippen LogP contribution in [0.25, 0.3) is 11.1 Å². The van der Waals surface area contributed by atoms with Gasteiger partial charge in [-0.2, -0.15) is 5.26 Å². The lowest BCUT2D eigenvalue weighted by molar-refractivity contribution is 0.0498. The average molecular weight is 297 g/mol. The van der Waals surface area contributed by atoms with Crippen molar-refractivity contribution >= 4 is 5.97 Å². The van der Waals surface area contributed by atoms with E-state index in [1.54, 1.807) is 30.3 Å². The van der Waals surface area contributed by atoms with E-state index < -0.39 is 5.97 Å². The molecule has 0 fully saturated rings. The molecule has 0 saturated heterocycles. The number of hydrogen-bond donors (Lipinski definition) is 2. The number of phenolic OH excluding ortho intramolecular Hbond substituents is 2. The molecule has 0 bridgehead atoms. The maximum atomic E-state index is 12.0. The fourth-order valence-electron chi connectivity index (χ4n) is 1.93. The standard InChI is InChI=1S/C17H15NO4/c18-9-1-2-10-22-17(21)15-11-13(5-8-16(15)20)12-3-6-14(19)7-4-12/h3-8,11,19-20H,1-2,10H2. The molecule has 0 atom stereocenters. The molecule has 0 aliphatic heterocycles. The second-order valence-corrected chi connectivity index (χ2v) is 4.68. The summed E-state index contributed by atoms with van der Waals surface area (Å²) in [4.78, 5) is 12.0. The van der Waals surface area contributed by atoms with Gasteiger partial charge in [0.25, 0.3) is 0 Å². The van der Waals surface area contributed by atoms with Gasteiger partial charge in [0.1, 0.15) is 17.1 Å². The normalized spacial score (nSPS) is 9.95. The molecule has 0 aliphatic rings. The van der Waals surface area contributed by atoms with Gasteiger partial charge in [0, 0.05) is 6.42 Å². The first kappa shape index (κ1) is 15.4. The molecule has 2 aromatic rings. The number of phenols is 2. The van der Waals surface area contributed by atoms with Crippen LogP contribution in [0.1, 0.15) is 23.2 Å². The number of rotatable bonds is 5. The zero-order chi connectivity index (χ0) is 15.9. The number of unbranched alkanes of at least 4 members (excludes halogenated alkanes) is 1. The Hall–Kier alpha value is -3.00. The van der Waals surface area contributed by atoms with Crippen LogP contribution in [0.4, 0.5) is 0 Å². The highest BCUT2D eigenvalue weighted by molar-refractivity contribution is 5.94. The molecule has 2 rings (SSSR count). The number of nitriles is 1. The van der Waals surface area contributed by atoms with Crippen LogP contribution in [-0.4, -0.2) is 22.8 Å². The number of hydrogen-bond acceptors (Lipinski definition) is 5. The van der Waals surface area contributed by atoms with Gasteiger partial charge in [-0.3, -0.25) is 0 Å². The SMILES string of the molecule is N#CCCCOC(=O)c1cc(-c2ccc(O)cc2)ccc1O. The number of nitrogens with zero attached hydrogens (tertiary/aromatic N) is 1. The minimum atomic E-state index is -0.629. The summed E-state index contributed by atoms with van der Waals surface area (Å²) in [6, 6.07) is 13.1. The minimum Gasteiger partial charge on any atom is -0.508 e. The third kappa shape index (κ3) is 3.76.